The van der Waals surface area contributed by atoms with Crippen LogP contribution in [0.25, 0.3) is 0 Å². The SMILES string of the molecule is O=C(OCC(=O)N1CCN(c2cccc(Cl)c2)CC1)c1cccs1. The molecule has 2 heterocycles. The van der Waals surface area contributed by atoms with Gasteiger partial charge in [0.2, 0.25) is 0 Å². The number of amides is 1. The van der Waals surface area contributed by atoms with Crippen LogP contribution >= 0.6 is 22.9 Å². The highest BCUT2D eigenvalue weighted by Gasteiger charge is 2.22. The lowest BCUT2D eigenvalue weighted by Gasteiger charge is -2.36. The summed E-state index contributed by atoms with van der Waals surface area (Å²) < 4.78 is 5.08. The summed E-state index contributed by atoms with van der Waals surface area (Å²) >= 11 is 7.32. The molecular formula is C17H17ClN2O3S. The maximum absolute atomic E-state index is 12.2. The number of nitrogens with zero attached hydrogens (tertiary/aromatic N) is 2. The fourth-order valence-electron chi connectivity index (χ4n) is 2.57. The first-order valence-electron chi connectivity index (χ1n) is 7.62. The Balaban J connectivity index is 1.47. The van der Waals surface area contributed by atoms with Gasteiger partial charge in [-0.3, -0.25) is 4.79 Å². The molecule has 2 aromatic rings. The third kappa shape index (κ3) is 4.07. The molecule has 7 heteroatoms. The molecule has 1 amide bonds. The average Bonchev–Trinajstić information content (AvgIpc) is 3.14. The third-order valence-electron chi connectivity index (χ3n) is 3.85. The van der Waals surface area contributed by atoms with E-state index in [1.54, 1.807) is 22.4 Å². The molecule has 5 nitrogen and oxygen atoms in total. The van der Waals surface area contributed by atoms with Gasteiger partial charge in [-0.15, -0.1) is 11.3 Å². The van der Waals surface area contributed by atoms with E-state index < -0.39 is 5.97 Å². The van der Waals surface area contributed by atoms with Gasteiger partial charge in [-0.1, -0.05) is 23.7 Å². The van der Waals surface area contributed by atoms with Gasteiger partial charge in [0.1, 0.15) is 4.88 Å². The van der Waals surface area contributed by atoms with Gasteiger partial charge in [-0.25, -0.2) is 4.79 Å². The number of anilines is 1. The van der Waals surface area contributed by atoms with Gasteiger partial charge >= 0.3 is 5.97 Å². The van der Waals surface area contributed by atoms with Gasteiger partial charge in [0.15, 0.2) is 6.61 Å². The van der Waals surface area contributed by atoms with Crippen LogP contribution in [0.4, 0.5) is 5.69 Å². The van der Waals surface area contributed by atoms with Crippen LogP contribution in [0.15, 0.2) is 41.8 Å². The molecule has 1 aromatic heterocycles. The van der Waals surface area contributed by atoms with Crippen LogP contribution in [0.3, 0.4) is 0 Å². The maximum atomic E-state index is 12.2. The number of carbonyl (C=O) groups excluding carboxylic acids is 2. The van der Waals surface area contributed by atoms with E-state index in [9.17, 15) is 9.59 Å². The standard InChI is InChI=1S/C17H17ClN2O3S/c18-13-3-1-4-14(11-13)19-6-8-20(9-7-19)16(21)12-23-17(22)15-5-2-10-24-15/h1-5,10-11H,6-9,12H2. The van der Waals surface area contributed by atoms with Crippen LogP contribution in [-0.4, -0.2) is 49.6 Å². The van der Waals surface area contributed by atoms with E-state index >= 15 is 0 Å². The molecule has 1 aliphatic heterocycles. The molecule has 0 N–H and O–H groups in total. The van der Waals surface area contributed by atoms with Crippen LogP contribution in [0, 0.1) is 0 Å². The largest absolute Gasteiger partial charge is 0.451 e. The minimum atomic E-state index is -0.448. The molecular weight excluding hydrogens is 348 g/mol. The van der Waals surface area contributed by atoms with Gasteiger partial charge in [0.25, 0.3) is 5.91 Å². The van der Waals surface area contributed by atoms with E-state index in [2.05, 4.69) is 4.90 Å². The number of carbonyl (C=O) groups is 2. The van der Waals surface area contributed by atoms with Crippen molar-refractivity contribution in [2.75, 3.05) is 37.7 Å². The number of halogens is 1. The van der Waals surface area contributed by atoms with Crippen molar-refractivity contribution < 1.29 is 14.3 Å². The van der Waals surface area contributed by atoms with Gasteiger partial charge in [-0.2, -0.15) is 0 Å². The molecule has 24 heavy (non-hydrogen) atoms. The monoisotopic (exact) mass is 364 g/mol. The fourth-order valence-corrected chi connectivity index (χ4v) is 3.37. The fraction of sp³-hybridized carbons (Fsp3) is 0.294. The Labute approximate surface area is 149 Å². The minimum absolute atomic E-state index is 0.161. The summed E-state index contributed by atoms with van der Waals surface area (Å²) in [6.07, 6.45) is 0. The van der Waals surface area contributed by atoms with Crippen molar-refractivity contribution in [2.45, 2.75) is 0 Å². The highest BCUT2D eigenvalue weighted by Crippen LogP contribution is 2.20. The normalized spacial score (nSPS) is 14.5. The number of thiophene rings is 1. The lowest BCUT2D eigenvalue weighted by molar-refractivity contribution is -0.134. The molecule has 1 saturated heterocycles. The molecule has 0 saturated carbocycles. The summed E-state index contributed by atoms with van der Waals surface area (Å²) in [6.45, 7) is 2.44. The minimum Gasteiger partial charge on any atom is -0.451 e. The molecule has 126 valence electrons. The maximum Gasteiger partial charge on any atom is 0.348 e. The quantitative estimate of drug-likeness (QED) is 0.783. The number of ether oxygens (including phenoxy) is 1. The number of benzene rings is 1. The Morgan fingerprint density at radius 1 is 1.12 bits per heavy atom. The van der Waals surface area contributed by atoms with Crippen LogP contribution in [0.5, 0.6) is 0 Å². The van der Waals surface area contributed by atoms with Crippen molar-refractivity contribution in [3.63, 3.8) is 0 Å². The Kier molecular flexibility index (Phi) is 5.37. The zero-order valence-corrected chi connectivity index (χ0v) is 14.6. The molecule has 1 fully saturated rings. The Bertz CT molecular complexity index is 712. The number of piperazine rings is 1. The smallest absolute Gasteiger partial charge is 0.348 e. The Hall–Kier alpha value is -2.05. The van der Waals surface area contributed by atoms with Gasteiger partial charge in [0, 0.05) is 36.9 Å². The van der Waals surface area contributed by atoms with E-state index in [0.717, 1.165) is 18.8 Å². The van der Waals surface area contributed by atoms with Crippen molar-refractivity contribution in [3.8, 4) is 0 Å². The van der Waals surface area contributed by atoms with Gasteiger partial charge in [-0.05, 0) is 29.6 Å². The molecule has 0 spiro atoms. The van der Waals surface area contributed by atoms with E-state index in [0.29, 0.717) is 23.0 Å². The molecule has 0 aliphatic carbocycles. The van der Waals surface area contributed by atoms with Crippen LogP contribution < -0.4 is 4.90 Å². The van der Waals surface area contributed by atoms with E-state index in [4.69, 9.17) is 16.3 Å². The first-order chi connectivity index (χ1) is 11.6. The van der Waals surface area contributed by atoms with Crippen LogP contribution in [0.1, 0.15) is 9.67 Å². The first-order valence-corrected chi connectivity index (χ1v) is 8.88. The predicted molar refractivity (Wildman–Crippen MR) is 94.8 cm³/mol. The Morgan fingerprint density at radius 2 is 1.92 bits per heavy atom. The number of esters is 1. The highest BCUT2D eigenvalue weighted by atomic mass is 35.5. The zero-order chi connectivity index (χ0) is 16.9. The summed E-state index contributed by atoms with van der Waals surface area (Å²) in [5, 5.41) is 2.50. The average molecular weight is 365 g/mol. The summed E-state index contributed by atoms with van der Waals surface area (Å²) in [5.41, 5.74) is 1.05. The molecule has 3 rings (SSSR count). The second-order valence-corrected chi connectivity index (χ2v) is 6.79. The highest BCUT2D eigenvalue weighted by molar-refractivity contribution is 7.11. The molecule has 0 unspecified atom stereocenters. The summed E-state index contributed by atoms with van der Waals surface area (Å²) in [6, 6.07) is 11.1. The molecule has 1 aromatic carbocycles. The lowest BCUT2D eigenvalue weighted by Crippen LogP contribution is -2.49. The van der Waals surface area contributed by atoms with E-state index in [1.165, 1.54) is 11.3 Å². The molecule has 0 bridgehead atoms. The van der Waals surface area contributed by atoms with E-state index in [-0.39, 0.29) is 12.5 Å². The van der Waals surface area contributed by atoms with Gasteiger partial charge in [0.05, 0.1) is 0 Å². The Morgan fingerprint density at radius 3 is 2.58 bits per heavy atom. The molecule has 0 radical (unpaired) electrons. The van der Waals surface area contributed by atoms with Crippen LogP contribution in [-0.2, 0) is 9.53 Å². The topological polar surface area (TPSA) is 49.9 Å². The number of hydrogen-bond acceptors (Lipinski definition) is 5. The number of hydrogen-bond donors (Lipinski definition) is 0. The number of rotatable bonds is 4. The van der Waals surface area contributed by atoms with E-state index in [1.807, 2.05) is 24.3 Å². The zero-order valence-electron chi connectivity index (χ0n) is 13.0. The van der Waals surface area contributed by atoms with Crippen molar-refractivity contribution in [1.29, 1.82) is 0 Å². The first kappa shape index (κ1) is 16.8. The summed E-state index contributed by atoms with van der Waals surface area (Å²) in [4.78, 5) is 28.4. The summed E-state index contributed by atoms with van der Waals surface area (Å²) in [5.74, 6) is -0.610. The second-order valence-electron chi connectivity index (χ2n) is 5.40. The van der Waals surface area contributed by atoms with Crippen molar-refractivity contribution in [1.82, 2.24) is 4.90 Å². The van der Waals surface area contributed by atoms with Gasteiger partial charge < -0.3 is 14.5 Å². The molecule has 0 atom stereocenters. The predicted octanol–water partition coefficient (Wildman–Crippen LogP) is 2.91. The third-order valence-corrected chi connectivity index (χ3v) is 4.94. The van der Waals surface area contributed by atoms with Crippen molar-refractivity contribution in [2.24, 2.45) is 0 Å². The van der Waals surface area contributed by atoms with Crippen LogP contribution in [0.2, 0.25) is 5.02 Å². The van der Waals surface area contributed by atoms with Crippen molar-refractivity contribution in [3.05, 3.63) is 51.7 Å². The molecule has 1 aliphatic rings. The van der Waals surface area contributed by atoms with Crippen molar-refractivity contribution >= 4 is 40.5 Å². The summed E-state index contributed by atoms with van der Waals surface area (Å²) in [7, 11) is 0. The lowest BCUT2D eigenvalue weighted by atomic mass is 10.2. The second kappa shape index (κ2) is 7.68.